The molecule has 1 heterocycles. The molecule has 0 aliphatic carbocycles. The Hall–Kier alpha value is 0.0700. The smallest absolute Gasteiger partial charge is 0.0691 e. The fourth-order valence-corrected chi connectivity index (χ4v) is 3.45. The fourth-order valence-electron chi connectivity index (χ4n) is 1.85. The first-order valence-corrected chi connectivity index (χ1v) is 7.33. The molecule has 0 aromatic heterocycles. The van der Waals surface area contributed by atoms with Crippen LogP contribution in [-0.4, -0.2) is 41.0 Å². The summed E-state index contributed by atoms with van der Waals surface area (Å²) in [6, 6.07) is 0. The molecule has 0 aromatic rings. The van der Waals surface area contributed by atoms with Crippen molar-refractivity contribution in [2.24, 2.45) is 0 Å². The van der Waals surface area contributed by atoms with E-state index in [1.165, 1.54) is 0 Å². The zero-order valence-corrected chi connectivity index (χ0v) is 10.6. The third-order valence-electron chi connectivity index (χ3n) is 2.77. The summed E-state index contributed by atoms with van der Waals surface area (Å²) in [6.07, 6.45) is 3.33. The molecule has 0 aromatic carbocycles. The van der Waals surface area contributed by atoms with Crippen LogP contribution < -0.4 is 5.32 Å². The molecule has 15 heavy (non-hydrogen) atoms. The Morgan fingerprint density at radius 1 is 1.47 bits per heavy atom. The largest absolute Gasteiger partial charge is 0.377 e. The lowest BCUT2D eigenvalue weighted by Gasteiger charge is -2.13. The molecule has 0 spiro atoms. The number of hydrogen-bond acceptors (Lipinski definition) is 3. The Morgan fingerprint density at radius 3 is 2.87 bits per heavy atom. The lowest BCUT2D eigenvalue weighted by Crippen LogP contribution is -2.26. The Bertz CT molecular complexity index is 199. The lowest BCUT2D eigenvalue weighted by atomic mass is 10.3. The molecule has 1 N–H and O–H groups in total. The van der Waals surface area contributed by atoms with Crippen LogP contribution in [0.25, 0.3) is 0 Å². The summed E-state index contributed by atoms with van der Waals surface area (Å²) in [7, 11) is -0.696. The SMILES string of the molecule is CCCNCCCS(=O)C1CCOC1C. The first-order chi connectivity index (χ1) is 7.25. The molecule has 1 aliphatic rings. The summed E-state index contributed by atoms with van der Waals surface area (Å²) in [5, 5.41) is 3.60. The van der Waals surface area contributed by atoms with Crippen molar-refractivity contribution in [1.29, 1.82) is 0 Å². The second kappa shape index (κ2) is 7.36. The standard InChI is InChI=1S/C11H23NO2S/c1-3-6-12-7-4-9-15(13)11-5-8-14-10(11)2/h10-12H,3-9H2,1-2H3. The van der Waals surface area contributed by atoms with Crippen molar-refractivity contribution >= 4 is 10.8 Å². The summed E-state index contributed by atoms with van der Waals surface area (Å²) in [4.78, 5) is 0. The molecular weight excluding hydrogens is 210 g/mol. The lowest BCUT2D eigenvalue weighted by molar-refractivity contribution is 0.127. The second-order valence-corrected chi connectivity index (χ2v) is 5.87. The van der Waals surface area contributed by atoms with E-state index in [0.717, 1.165) is 44.7 Å². The Kier molecular flexibility index (Phi) is 6.45. The fraction of sp³-hybridized carbons (Fsp3) is 1.00. The minimum Gasteiger partial charge on any atom is -0.377 e. The van der Waals surface area contributed by atoms with Crippen molar-refractivity contribution in [3.05, 3.63) is 0 Å². The monoisotopic (exact) mass is 233 g/mol. The average molecular weight is 233 g/mol. The van der Waals surface area contributed by atoms with Gasteiger partial charge in [0, 0.05) is 23.2 Å². The van der Waals surface area contributed by atoms with Gasteiger partial charge in [0.05, 0.1) is 11.4 Å². The van der Waals surface area contributed by atoms with Crippen LogP contribution >= 0.6 is 0 Å². The molecule has 3 atom stereocenters. The second-order valence-electron chi connectivity index (χ2n) is 4.09. The van der Waals surface area contributed by atoms with Crippen molar-refractivity contribution in [3.63, 3.8) is 0 Å². The van der Waals surface area contributed by atoms with Crippen molar-refractivity contribution in [2.75, 3.05) is 25.4 Å². The first kappa shape index (κ1) is 13.1. The molecule has 90 valence electrons. The minimum atomic E-state index is -0.696. The maximum absolute atomic E-state index is 11.9. The molecular formula is C11H23NO2S. The summed E-state index contributed by atoms with van der Waals surface area (Å²) >= 11 is 0. The molecule has 1 aliphatic heterocycles. The van der Waals surface area contributed by atoms with E-state index in [4.69, 9.17) is 4.74 Å². The minimum absolute atomic E-state index is 0.189. The highest BCUT2D eigenvalue weighted by Gasteiger charge is 2.28. The zero-order chi connectivity index (χ0) is 11.1. The van der Waals surface area contributed by atoms with Gasteiger partial charge in [0.25, 0.3) is 0 Å². The molecule has 4 heteroatoms. The van der Waals surface area contributed by atoms with E-state index < -0.39 is 10.8 Å². The van der Waals surface area contributed by atoms with Crippen LogP contribution in [0.3, 0.4) is 0 Å². The molecule has 3 nitrogen and oxygen atoms in total. The van der Waals surface area contributed by atoms with E-state index in [2.05, 4.69) is 12.2 Å². The summed E-state index contributed by atoms with van der Waals surface area (Å²) in [5.41, 5.74) is 0. The summed E-state index contributed by atoms with van der Waals surface area (Å²) < 4.78 is 17.3. The maximum Gasteiger partial charge on any atom is 0.0691 e. The predicted molar refractivity (Wildman–Crippen MR) is 64.6 cm³/mol. The number of hydrogen-bond donors (Lipinski definition) is 1. The molecule has 0 bridgehead atoms. The van der Waals surface area contributed by atoms with Gasteiger partial charge >= 0.3 is 0 Å². The van der Waals surface area contributed by atoms with Gasteiger partial charge in [0.1, 0.15) is 0 Å². The predicted octanol–water partition coefficient (Wildman–Crippen LogP) is 1.30. The molecule has 1 saturated heterocycles. The van der Waals surface area contributed by atoms with E-state index in [1.807, 2.05) is 6.92 Å². The van der Waals surface area contributed by atoms with Gasteiger partial charge in [0.15, 0.2) is 0 Å². The molecule has 0 saturated carbocycles. The van der Waals surface area contributed by atoms with Crippen LogP contribution in [0.1, 0.15) is 33.1 Å². The highest BCUT2D eigenvalue weighted by atomic mass is 32.2. The number of ether oxygens (including phenoxy) is 1. The zero-order valence-electron chi connectivity index (χ0n) is 9.83. The van der Waals surface area contributed by atoms with E-state index in [-0.39, 0.29) is 11.4 Å². The van der Waals surface area contributed by atoms with Gasteiger partial charge in [-0.1, -0.05) is 6.92 Å². The molecule has 1 fully saturated rings. The van der Waals surface area contributed by atoms with Gasteiger partial charge in [-0.05, 0) is 39.3 Å². The summed E-state index contributed by atoms with van der Waals surface area (Å²) in [6.45, 7) is 7.02. The van der Waals surface area contributed by atoms with Crippen molar-refractivity contribution in [1.82, 2.24) is 5.32 Å². The number of rotatable bonds is 7. The van der Waals surface area contributed by atoms with Crippen molar-refractivity contribution in [2.45, 2.75) is 44.5 Å². The topological polar surface area (TPSA) is 38.3 Å². The number of nitrogens with one attached hydrogen (secondary N) is 1. The van der Waals surface area contributed by atoms with Gasteiger partial charge in [-0.15, -0.1) is 0 Å². The molecule has 0 radical (unpaired) electrons. The van der Waals surface area contributed by atoms with E-state index in [0.29, 0.717) is 0 Å². The molecule has 3 unspecified atom stereocenters. The molecule has 1 rings (SSSR count). The highest BCUT2D eigenvalue weighted by Crippen LogP contribution is 2.18. The van der Waals surface area contributed by atoms with Crippen LogP contribution in [0.15, 0.2) is 0 Å². The van der Waals surface area contributed by atoms with Gasteiger partial charge in [-0.2, -0.15) is 0 Å². The van der Waals surface area contributed by atoms with Gasteiger partial charge in [0.2, 0.25) is 0 Å². The van der Waals surface area contributed by atoms with Crippen LogP contribution in [0.2, 0.25) is 0 Å². The quantitative estimate of drug-likeness (QED) is 0.674. The highest BCUT2D eigenvalue weighted by molar-refractivity contribution is 7.85. The third-order valence-corrected chi connectivity index (χ3v) is 4.76. The van der Waals surface area contributed by atoms with E-state index in [1.54, 1.807) is 0 Å². The van der Waals surface area contributed by atoms with E-state index >= 15 is 0 Å². The summed E-state index contributed by atoms with van der Waals surface area (Å²) in [5.74, 6) is 0.815. The van der Waals surface area contributed by atoms with Gasteiger partial charge < -0.3 is 10.1 Å². The van der Waals surface area contributed by atoms with Crippen LogP contribution in [0.4, 0.5) is 0 Å². The van der Waals surface area contributed by atoms with Crippen LogP contribution in [-0.2, 0) is 15.5 Å². The van der Waals surface area contributed by atoms with Crippen LogP contribution in [0.5, 0.6) is 0 Å². The Balaban J connectivity index is 2.08. The van der Waals surface area contributed by atoms with Crippen molar-refractivity contribution in [3.8, 4) is 0 Å². The third kappa shape index (κ3) is 4.62. The Labute approximate surface area is 95.4 Å². The Morgan fingerprint density at radius 2 is 2.27 bits per heavy atom. The maximum atomic E-state index is 11.9. The molecule has 0 amide bonds. The normalized spacial score (nSPS) is 28.1. The van der Waals surface area contributed by atoms with Crippen molar-refractivity contribution < 1.29 is 8.95 Å². The average Bonchev–Trinajstić information content (AvgIpc) is 2.64. The van der Waals surface area contributed by atoms with Gasteiger partial charge in [-0.3, -0.25) is 4.21 Å². The first-order valence-electron chi connectivity index (χ1n) is 5.95. The van der Waals surface area contributed by atoms with Gasteiger partial charge in [-0.25, -0.2) is 0 Å². The van der Waals surface area contributed by atoms with E-state index in [9.17, 15) is 4.21 Å². The van der Waals surface area contributed by atoms with Crippen LogP contribution in [0, 0.1) is 0 Å².